The third kappa shape index (κ3) is 3.77. The lowest BCUT2D eigenvalue weighted by Gasteiger charge is -2.18. The molecule has 0 saturated carbocycles. The van der Waals surface area contributed by atoms with E-state index < -0.39 is 5.97 Å². The minimum atomic E-state index is -1.08. The zero-order valence-electron chi connectivity index (χ0n) is 16.0. The van der Waals surface area contributed by atoms with Gasteiger partial charge in [-0.05, 0) is 41.0 Å². The van der Waals surface area contributed by atoms with Crippen LogP contribution in [0.1, 0.15) is 26.6 Å². The molecular weight excluding hydrogens is 404 g/mol. The molecule has 0 saturated heterocycles. The Morgan fingerprint density at radius 3 is 2.53 bits per heavy atom. The van der Waals surface area contributed by atoms with Crippen molar-refractivity contribution < 1.29 is 19.1 Å². The summed E-state index contributed by atoms with van der Waals surface area (Å²) in [4.78, 5) is 29.8. The maximum Gasteiger partial charge on any atom is 0.337 e. The lowest BCUT2D eigenvalue weighted by atomic mass is 9.98. The summed E-state index contributed by atoms with van der Waals surface area (Å²) in [5.74, 6) is -1.38. The van der Waals surface area contributed by atoms with Crippen molar-refractivity contribution in [2.75, 3.05) is 7.05 Å². The molecule has 30 heavy (non-hydrogen) atoms. The summed E-state index contributed by atoms with van der Waals surface area (Å²) in [6.45, 7) is 0.312. The third-order valence-electron chi connectivity index (χ3n) is 4.76. The van der Waals surface area contributed by atoms with E-state index in [0.717, 1.165) is 16.7 Å². The van der Waals surface area contributed by atoms with Crippen LogP contribution in [-0.2, 0) is 6.54 Å². The van der Waals surface area contributed by atoms with Crippen molar-refractivity contribution in [2.24, 2.45) is 0 Å². The van der Waals surface area contributed by atoms with Gasteiger partial charge in [-0.25, -0.2) is 9.78 Å². The smallest absolute Gasteiger partial charge is 0.337 e. The van der Waals surface area contributed by atoms with Gasteiger partial charge in [0, 0.05) is 13.6 Å². The normalized spacial score (nSPS) is 10.9. The maximum atomic E-state index is 12.8. The van der Waals surface area contributed by atoms with Gasteiger partial charge in [-0.2, -0.15) is 0 Å². The van der Waals surface area contributed by atoms with Gasteiger partial charge in [0.05, 0.1) is 10.6 Å². The van der Waals surface area contributed by atoms with Crippen molar-refractivity contribution in [3.63, 3.8) is 0 Å². The second kappa shape index (κ2) is 8.00. The lowest BCUT2D eigenvalue weighted by molar-refractivity contribution is 0.0696. The Labute approximate surface area is 177 Å². The number of para-hydroxylation sites is 2. The van der Waals surface area contributed by atoms with Crippen molar-refractivity contribution in [3.8, 4) is 11.1 Å². The van der Waals surface area contributed by atoms with Crippen LogP contribution in [-0.4, -0.2) is 33.9 Å². The van der Waals surface area contributed by atoms with Crippen LogP contribution in [0.5, 0.6) is 0 Å². The highest BCUT2D eigenvalue weighted by molar-refractivity contribution is 6.33. The molecule has 0 unspecified atom stereocenters. The summed E-state index contributed by atoms with van der Waals surface area (Å²) >= 11 is 6.14. The highest BCUT2D eigenvalue weighted by Gasteiger charge is 2.20. The molecular formula is C23H17ClN2O4. The first-order valence-corrected chi connectivity index (χ1v) is 9.54. The molecule has 3 aromatic carbocycles. The Morgan fingerprint density at radius 1 is 1.07 bits per heavy atom. The summed E-state index contributed by atoms with van der Waals surface area (Å²) in [6.07, 6.45) is 0. The number of benzene rings is 3. The average molecular weight is 421 g/mol. The number of amides is 1. The summed E-state index contributed by atoms with van der Waals surface area (Å²) in [5.41, 5.74) is 3.73. The van der Waals surface area contributed by atoms with Crippen LogP contribution in [0.15, 0.2) is 71.1 Å². The standard InChI is InChI=1S/C23H17ClN2O4/c1-26(22(27)21-25-19-8-4-5-9-20(19)30-21)13-15-6-2-3-7-16(15)14-10-11-17(23(28)29)18(24)12-14/h2-12H,13H2,1H3,(H,28,29). The molecule has 7 heteroatoms. The number of oxazole rings is 1. The monoisotopic (exact) mass is 420 g/mol. The first-order chi connectivity index (χ1) is 14.4. The second-order valence-corrected chi connectivity index (χ2v) is 7.21. The lowest BCUT2D eigenvalue weighted by Crippen LogP contribution is -2.26. The quantitative estimate of drug-likeness (QED) is 0.484. The fourth-order valence-electron chi connectivity index (χ4n) is 3.25. The molecule has 4 rings (SSSR count). The molecule has 1 aromatic heterocycles. The van der Waals surface area contributed by atoms with Gasteiger partial charge < -0.3 is 14.4 Å². The van der Waals surface area contributed by atoms with E-state index in [-0.39, 0.29) is 22.4 Å². The van der Waals surface area contributed by atoms with Crippen LogP contribution in [0.2, 0.25) is 5.02 Å². The van der Waals surface area contributed by atoms with Crippen LogP contribution in [0, 0.1) is 0 Å². The zero-order chi connectivity index (χ0) is 21.3. The van der Waals surface area contributed by atoms with Crippen LogP contribution in [0.3, 0.4) is 0 Å². The molecule has 0 aliphatic carbocycles. The number of hydrogen-bond donors (Lipinski definition) is 1. The van der Waals surface area contributed by atoms with Crippen molar-refractivity contribution in [3.05, 3.63) is 88.8 Å². The van der Waals surface area contributed by atoms with Gasteiger partial charge in [-0.1, -0.05) is 54.1 Å². The molecule has 0 radical (unpaired) electrons. The second-order valence-electron chi connectivity index (χ2n) is 6.80. The molecule has 0 aliphatic heterocycles. The van der Waals surface area contributed by atoms with Gasteiger partial charge in [0.25, 0.3) is 5.89 Å². The zero-order valence-corrected chi connectivity index (χ0v) is 16.8. The van der Waals surface area contributed by atoms with E-state index in [1.807, 2.05) is 36.4 Å². The molecule has 1 amide bonds. The average Bonchev–Trinajstić information content (AvgIpc) is 3.17. The summed E-state index contributed by atoms with van der Waals surface area (Å²) in [6, 6.07) is 19.6. The molecule has 4 aromatic rings. The van der Waals surface area contributed by atoms with E-state index in [1.54, 1.807) is 31.3 Å². The van der Waals surface area contributed by atoms with E-state index in [9.17, 15) is 14.7 Å². The number of aromatic carboxylic acids is 1. The van der Waals surface area contributed by atoms with Gasteiger partial charge in [-0.15, -0.1) is 0 Å². The highest BCUT2D eigenvalue weighted by atomic mass is 35.5. The van der Waals surface area contributed by atoms with Gasteiger partial charge in [0.2, 0.25) is 0 Å². The number of carbonyl (C=O) groups is 2. The molecule has 1 heterocycles. The van der Waals surface area contributed by atoms with Gasteiger partial charge in [0.15, 0.2) is 5.58 Å². The van der Waals surface area contributed by atoms with Crippen molar-refractivity contribution in [1.82, 2.24) is 9.88 Å². The topological polar surface area (TPSA) is 83.6 Å². The summed E-state index contributed by atoms with van der Waals surface area (Å²) in [7, 11) is 1.68. The number of rotatable bonds is 5. The molecule has 0 fully saturated rings. The van der Waals surface area contributed by atoms with Gasteiger partial charge in [0.1, 0.15) is 5.52 Å². The highest BCUT2D eigenvalue weighted by Crippen LogP contribution is 2.29. The number of hydrogen-bond acceptors (Lipinski definition) is 4. The number of halogens is 1. The third-order valence-corrected chi connectivity index (χ3v) is 5.07. The van der Waals surface area contributed by atoms with Crippen molar-refractivity contribution in [2.45, 2.75) is 6.54 Å². The summed E-state index contributed by atoms with van der Waals surface area (Å²) < 4.78 is 5.58. The first-order valence-electron chi connectivity index (χ1n) is 9.16. The van der Waals surface area contributed by atoms with E-state index in [0.29, 0.717) is 17.6 Å². The maximum absolute atomic E-state index is 12.8. The fraction of sp³-hybridized carbons (Fsp3) is 0.0870. The van der Waals surface area contributed by atoms with Crippen LogP contribution in [0.4, 0.5) is 0 Å². The van der Waals surface area contributed by atoms with E-state index >= 15 is 0 Å². The van der Waals surface area contributed by atoms with E-state index in [2.05, 4.69) is 4.98 Å². The predicted octanol–water partition coefficient (Wildman–Crippen LogP) is 5.12. The minimum absolute atomic E-state index is 0.0324. The Morgan fingerprint density at radius 2 is 1.80 bits per heavy atom. The van der Waals surface area contributed by atoms with Crippen LogP contribution >= 0.6 is 11.6 Å². The van der Waals surface area contributed by atoms with Gasteiger partial charge in [-0.3, -0.25) is 4.79 Å². The predicted molar refractivity (Wildman–Crippen MR) is 114 cm³/mol. The molecule has 150 valence electrons. The molecule has 6 nitrogen and oxygen atoms in total. The number of nitrogens with zero attached hydrogens (tertiary/aromatic N) is 2. The van der Waals surface area contributed by atoms with E-state index in [4.69, 9.17) is 16.0 Å². The largest absolute Gasteiger partial charge is 0.478 e. The van der Waals surface area contributed by atoms with Gasteiger partial charge >= 0.3 is 11.9 Å². The summed E-state index contributed by atoms with van der Waals surface area (Å²) in [5, 5.41) is 9.34. The number of aromatic nitrogens is 1. The number of fused-ring (bicyclic) bond motifs is 1. The molecule has 0 spiro atoms. The fourth-order valence-corrected chi connectivity index (χ4v) is 3.51. The van der Waals surface area contributed by atoms with Crippen molar-refractivity contribution in [1.29, 1.82) is 0 Å². The van der Waals surface area contributed by atoms with Crippen molar-refractivity contribution >= 4 is 34.6 Å². The molecule has 0 bridgehead atoms. The number of carbonyl (C=O) groups excluding carboxylic acids is 1. The molecule has 0 aliphatic rings. The van der Waals surface area contributed by atoms with E-state index in [1.165, 1.54) is 11.0 Å². The Bertz CT molecular complexity index is 1230. The Kier molecular flexibility index (Phi) is 5.25. The first kappa shape index (κ1) is 19.7. The SMILES string of the molecule is CN(Cc1ccccc1-c1ccc(C(=O)O)c(Cl)c1)C(=O)c1nc2ccccc2o1. The number of carboxylic acids is 1. The minimum Gasteiger partial charge on any atom is -0.478 e. The molecule has 1 N–H and O–H groups in total. The van der Waals surface area contributed by atoms with Crippen LogP contribution in [0.25, 0.3) is 22.2 Å². The number of carboxylic acid groups (broad SMARTS) is 1. The Balaban J connectivity index is 1.61. The Hall–Kier alpha value is -3.64. The molecule has 0 atom stereocenters. The van der Waals surface area contributed by atoms with Crippen LogP contribution < -0.4 is 0 Å².